The number of aromatic hydroxyl groups is 1. The highest BCUT2D eigenvalue weighted by molar-refractivity contribution is 9.10. The Balaban J connectivity index is 3.09. The Kier molecular flexibility index (Phi) is 5.58. The van der Waals surface area contributed by atoms with E-state index in [0.717, 1.165) is 18.4 Å². The molecule has 0 aromatic heterocycles. The van der Waals surface area contributed by atoms with Crippen LogP contribution in [0, 0.1) is 0 Å². The van der Waals surface area contributed by atoms with E-state index in [1.54, 1.807) is 20.3 Å². The van der Waals surface area contributed by atoms with Crippen molar-refractivity contribution in [2.45, 2.75) is 19.3 Å². The van der Waals surface area contributed by atoms with Crippen LogP contribution in [0.15, 0.2) is 10.5 Å². The molecule has 0 unspecified atom stereocenters. The van der Waals surface area contributed by atoms with Gasteiger partial charge in [0.25, 0.3) is 0 Å². The summed E-state index contributed by atoms with van der Waals surface area (Å²) in [5, 5.41) is 10.0. The molecule has 0 radical (unpaired) electrons. The van der Waals surface area contributed by atoms with Crippen molar-refractivity contribution in [1.29, 1.82) is 0 Å². The molecule has 4 nitrogen and oxygen atoms in total. The zero-order valence-electron chi connectivity index (χ0n) is 10.1. The van der Waals surface area contributed by atoms with Gasteiger partial charge in [0.2, 0.25) is 0 Å². The highest BCUT2D eigenvalue weighted by Gasteiger charge is 2.17. The van der Waals surface area contributed by atoms with Crippen molar-refractivity contribution in [3.05, 3.63) is 16.1 Å². The molecule has 0 amide bonds. The Bertz CT molecular complexity index is 383. The number of phenolic OH excluding ortho intramolecular Hbond substituents is 1. The fourth-order valence-electron chi connectivity index (χ4n) is 1.70. The molecular formula is C12H18BrNO3. The van der Waals surface area contributed by atoms with Crippen LogP contribution >= 0.6 is 15.9 Å². The molecule has 1 aromatic carbocycles. The van der Waals surface area contributed by atoms with Crippen LogP contribution in [0.5, 0.6) is 17.2 Å². The molecule has 0 fully saturated rings. The SMILES string of the molecule is COc1cc(Br)c(O)c(CCCCN)c1OC. The Morgan fingerprint density at radius 2 is 2.00 bits per heavy atom. The van der Waals surface area contributed by atoms with Crippen molar-refractivity contribution < 1.29 is 14.6 Å². The third-order valence-electron chi connectivity index (χ3n) is 2.57. The maximum absolute atomic E-state index is 10.0. The van der Waals surface area contributed by atoms with Gasteiger partial charge in [-0.05, 0) is 41.7 Å². The van der Waals surface area contributed by atoms with Gasteiger partial charge in [-0.1, -0.05) is 0 Å². The largest absolute Gasteiger partial charge is 0.506 e. The molecule has 0 spiro atoms. The van der Waals surface area contributed by atoms with Crippen LogP contribution in [0.25, 0.3) is 0 Å². The first-order valence-electron chi connectivity index (χ1n) is 5.48. The summed E-state index contributed by atoms with van der Waals surface area (Å²) >= 11 is 3.30. The van der Waals surface area contributed by atoms with Crippen LogP contribution in [-0.2, 0) is 6.42 Å². The summed E-state index contributed by atoms with van der Waals surface area (Å²) in [5.74, 6) is 1.41. The van der Waals surface area contributed by atoms with Crippen LogP contribution in [0.4, 0.5) is 0 Å². The predicted molar refractivity (Wildman–Crippen MR) is 70.9 cm³/mol. The third-order valence-corrected chi connectivity index (χ3v) is 3.18. The molecule has 0 aliphatic rings. The summed E-state index contributed by atoms with van der Waals surface area (Å²) < 4.78 is 11.1. The number of hydrogen-bond acceptors (Lipinski definition) is 4. The van der Waals surface area contributed by atoms with E-state index in [2.05, 4.69) is 15.9 Å². The van der Waals surface area contributed by atoms with Gasteiger partial charge in [-0.3, -0.25) is 0 Å². The van der Waals surface area contributed by atoms with Gasteiger partial charge in [0.05, 0.1) is 18.7 Å². The number of methoxy groups -OCH3 is 2. The lowest BCUT2D eigenvalue weighted by molar-refractivity contribution is 0.345. The van der Waals surface area contributed by atoms with Crippen molar-refractivity contribution in [3.8, 4) is 17.2 Å². The lowest BCUT2D eigenvalue weighted by Crippen LogP contribution is -2.01. The number of nitrogens with two attached hydrogens (primary N) is 1. The van der Waals surface area contributed by atoms with Gasteiger partial charge in [-0.15, -0.1) is 0 Å². The second-order valence-corrected chi connectivity index (χ2v) is 4.52. The third kappa shape index (κ3) is 3.26. The van der Waals surface area contributed by atoms with Crippen LogP contribution in [0.1, 0.15) is 18.4 Å². The number of ether oxygens (including phenoxy) is 2. The van der Waals surface area contributed by atoms with Crippen LogP contribution in [0.2, 0.25) is 0 Å². The van der Waals surface area contributed by atoms with Gasteiger partial charge in [0, 0.05) is 11.6 Å². The Morgan fingerprint density at radius 3 is 2.53 bits per heavy atom. The topological polar surface area (TPSA) is 64.7 Å². The van der Waals surface area contributed by atoms with E-state index in [4.69, 9.17) is 15.2 Å². The number of unbranched alkanes of at least 4 members (excludes halogenated alkanes) is 1. The fourth-order valence-corrected chi connectivity index (χ4v) is 2.15. The van der Waals surface area contributed by atoms with Gasteiger partial charge in [0.1, 0.15) is 5.75 Å². The van der Waals surface area contributed by atoms with E-state index < -0.39 is 0 Å². The second-order valence-electron chi connectivity index (χ2n) is 3.67. The van der Waals surface area contributed by atoms with Crippen molar-refractivity contribution in [2.24, 2.45) is 5.73 Å². The zero-order chi connectivity index (χ0) is 12.8. The first kappa shape index (κ1) is 14.1. The molecule has 0 atom stereocenters. The first-order chi connectivity index (χ1) is 8.15. The smallest absolute Gasteiger partial charge is 0.167 e. The standard InChI is InChI=1S/C12H18BrNO3/c1-16-10-7-9(13)11(15)8(12(10)17-2)5-3-4-6-14/h7,15H,3-6,14H2,1-2H3. The van der Waals surface area contributed by atoms with Gasteiger partial charge >= 0.3 is 0 Å². The van der Waals surface area contributed by atoms with Crippen molar-refractivity contribution in [3.63, 3.8) is 0 Å². The van der Waals surface area contributed by atoms with Crippen molar-refractivity contribution >= 4 is 15.9 Å². The van der Waals surface area contributed by atoms with E-state index in [0.29, 0.717) is 28.9 Å². The summed E-state index contributed by atoms with van der Waals surface area (Å²) in [7, 11) is 3.14. The number of rotatable bonds is 6. The normalized spacial score (nSPS) is 10.4. The molecule has 0 aliphatic carbocycles. The minimum absolute atomic E-state index is 0.208. The average molecular weight is 304 g/mol. The van der Waals surface area contributed by atoms with E-state index in [9.17, 15) is 5.11 Å². The zero-order valence-corrected chi connectivity index (χ0v) is 11.7. The molecule has 0 heterocycles. The van der Waals surface area contributed by atoms with Gasteiger partial charge in [-0.25, -0.2) is 0 Å². The molecule has 17 heavy (non-hydrogen) atoms. The van der Waals surface area contributed by atoms with Crippen molar-refractivity contribution in [2.75, 3.05) is 20.8 Å². The Labute approximate surface area is 110 Å². The molecule has 0 saturated heterocycles. The maximum atomic E-state index is 10.0. The molecule has 0 saturated carbocycles. The molecule has 1 rings (SSSR count). The van der Waals surface area contributed by atoms with Crippen LogP contribution < -0.4 is 15.2 Å². The van der Waals surface area contributed by atoms with Crippen molar-refractivity contribution in [1.82, 2.24) is 0 Å². The number of halogens is 1. The molecule has 1 aromatic rings. The summed E-state index contributed by atoms with van der Waals surface area (Å²) in [6.45, 7) is 0.647. The highest BCUT2D eigenvalue weighted by atomic mass is 79.9. The summed E-state index contributed by atoms with van der Waals surface area (Å²) in [4.78, 5) is 0. The molecular weight excluding hydrogens is 286 g/mol. The summed E-state index contributed by atoms with van der Waals surface area (Å²) in [6, 6.07) is 1.70. The van der Waals surface area contributed by atoms with E-state index in [-0.39, 0.29) is 5.75 Å². The van der Waals surface area contributed by atoms with Crippen LogP contribution in [0.3, 0.4) is 0 Å². The van der Waals surface area contributed by atoms with E-state index in [1.807, 2.05) is 0 Å². The molecule has 5 heteroatoms. The van der Waals surface area contributed by atoms with Gasteiger partial charge in [-0.2, -0.15) is 0 Å². The number of benzene rings is 1. The van der Waals surface area contributed by atoms with Gasteiger partial charge in [0.15, 0.2) is 11.5 Å². The highest BCUT2D eigenvalue weighted by Crippen LogP contribution is 2.42. The molecule has 0 bridgehead atoms. The lowest BCUT2D eigenvalue weighted by atomic mass is 10.1. The number of hydrogen-bond donors (Lipinski definition) is 2. The van der Waals surface area contributed by atoms with Crippen LogP contribution in [-0.4, -0.2) is 25.9 Å². The Morgan fingerprint density at radius 1 is 1.29 bits per heavy atom. The minimum atomic E-state index is 0.208. The maximum Gasteiger partial charge on any atom is 0.167 e. The molecule has 0 aliphatic heterocycles. The predicted octanol–water partition coefficient (Wildman–Crippen LogP) is 2.45. The van der Waals surface area contributed by atoms with E-state index in [1.165, 1.54) is 0 Å². The molecule has 96 valence electrons. The lowest BCUT2D eigenvalue weighted by Gasteiger charge is -2.15. The first-order valence-corrected chi connectivity index (χ1v) is 6.27. The quantitative estimate of drug-likeness (QED) is 0.792. The van der Waals surface area contributed by atoms with Gasteiger partial charge < -0.3 is 20.3 Å². The fraction of sp³-hybridized carbons (Fsp3) is 0.500. The Hall–Kier alpha value is -0.940. The van der Waals surface area contributed by atoms with E-state index >= 15 is 0 Å². The summed E-state index contributed by atoms with van der Waals surface area (Å²) in [5.41, 5.74) is 6.22. The average Bonchev–Trinajstić information content (AvgIpc) is 2.34. The minimum Gasteiger partial charge on any atom is -0.506 e. The second kappa shape index (κ2) is 6.71. The number of phenols is 1. The summed E-state index contributed by atoms with van der Waals surface area (Å²) in [6.07, 6.45) is 2.53. The molecule has 3 N–H and O–H groups in total. The monoisotopic (exact) mass is 303 g/mol.